The van der Waals surface area contributed by atoms with Crippen LogP contribution in [0.5, 0.6) is 0 Å². The average molecular weight is 249 g/mol. The van der Waals surface area contributed by atoms with Gasteiger partial charge in [0.1, 0.15) is 0 Å². The largest absolute Gasteiger partial charge is 0.465 e. The Hall–Kier alpha value is -0.593. The minimum absolute atomic E-state index is 0.591. The van der Waals surface area contributed by atoms with Gasteiger partial charge in [-0.3, -0.25) is 0 Å². The third kappa shape index (κ3) is 6.09. The second kappa shape index (κ2) is 7.64. The lowest BCUT2D eigenvalue weighted by Crippen LogP contribution is -2.35. The van der Waals surface area contributed by atoms with E-state index in [1.165, 1.54) is 4.90 Å². The van der Waals surface area contributed by atoms with E-state index < -0.39 is 14.7 Å². The molecule has 0 aliphatic rings. The first kappa shape index (κ1) is 15.4. The Morgan fingerprint density at radius 2 is 1.81 bits per heavy atom. The van der Waals surface area contributed by atoms with Gasteiger partial charge in [0, 0.05) is 27.8 Å². The molecule has 0 unspecified atom stereocenters. The molecular weight excluding hydrogens is 226 g/mol. The van der Waals surface area contributed by atoms with Gasteiger partial charge in [-0.25, -0.2) is 4.79 Å². The van der Waals surface area contributed by atoms with Crippen molar-refractivity contribution in [2.24, 2.45) is 0 Å². The maximum Gasteiger partial charge on any atom is 0.407 e. The number of hydrogen-bond donors (Lipinski definition) is 1. The van der Waals surface area contributed by atoms with E-state index in [-0.39, 0.29) is 0 Å². The third-order valence-corrected chi connectivity index (χ3v) is 5.80. The topological polar surface area (TPSA) is 59.0 Å². The van der Waals surface area contributed by atoms with Crippen LogP contribution in [0, 0.1) is 0 Å². The molecule has 0 radical (unpaired) electrons. The van der Waals surface area contributed by atoms with Crippen LogP contribution in [0.25, 0.3) is 0 Å². The van der Waals surface area contributed by atoms with Gasteiger partial charge < -0.3 is 18.9 Å². The van der Waals surface area contributed by atoms with E-state index >= 15 is 0 Å². The third-order valence-electron chi connectivity index (χ3n) is 2.81. The first-order valence-corrected chi connectivity index (χ1v) is 8.02. The summed E-state index contributed by atoms with van der Waals surface area (Å²) in [6, 6.07) is 0.955. The van der Waals surface area contributed by atoms with E-state index in [2.05, 4.69) is 0 Å². The molecule has 0 rings (SSSR count). The van der Waals surface area contributed by atoms with Gasteiger partial charge in [-0.1, -0.05) is 12.8 Å². The van der Waals surface area contributed by atoms with E-state index in [0.717, 1.165) is 25.3 Å². The average Bonchev–Trinajstić information content (AvgIpc) is 2.27. The Morgan fingerprint density at radius 3 is 2.25 bits per heavy atom. The number of nitrogens with zero attached hydrogens (tertiary/aromatic N) is 1. The minimum atomic E-state index is -1.93. The van der Waals surface area contributed by atoms with E-state index in [9.17, 15) is 4.79 Å². The zero-order valence-electron chi connectivity index (χ0n) is 10.7. The smallest absolute Gasteiger partial charge is 0.407 e. The molecule has 6 heteroatoms. The molecule has 0 fully saturated rings. The summed E-state index contributed by atoms with van der Waals surface area (Å²) in [7, 11) is 3.04. The molecule has 1 N–H and O–H groups in total. The van der Waals surface area contributed by atoms with Crippen molar-refractivity contribution in [2.45, 2.75) is 31.9 Å². The maximum atomic E-state index is 10.5. The predicted molar refractivity (Wildman–Crippen MR) is 64.9 cm³/mol. The fraction of sp³-hybridized carbons (Fsp3) is 0.900. The molecule has 0 heterocycles. The molecule has 0 aromatic carbocycles. The maximum absolute atomic E-state index is 10.5. The molecule has 0 saturated carbocycles. The first-order valence-electron chi connectivity index (χ1n) is 5.49. The lowest BCUT2D eigenvalue weighted by molar-refractivity contribution is 0.155. The monoisotopic (exact) mass is 249 g/mol. The molecule has 1 amide bonds. The van der Waals surface area contributed by atoms with Crippen LogP contribution in [-0.4, -0.2) is 52.5 Å². The van der Waals surface area contributed by atoms with Crippen LogP contribution in [0.15, 0.2) is 0 Å². The van der Waals surface area contributed by atoms with Crippen LogP contribution in [0.1, 0.15) is 19.3 Å². The van der Waals surface area contributed by atoms with Crippen molar-refractivity contribution in [3.8, 4) is 0 Å². The fourth-order valence-corrected chi connectivity index (χ4v) is 2.82. The standard InChI is InChI=1S/C10H23NO4Si/c1-11(10(12)13)8-6-5-7-9-16(4,14-2)15-3/h5-9H2,1-4H3,(H,12,13). The van der Waals surface area contributed by atoms with Crippen LogP contribution < -0.4 is 0 Å². The zero-order valence-corrected chi connectivity index (χ0v) is 11.7. The van der Waals surface area contributed by atoms with Crippen LogP contribution in [0.4, 0.5) is 4.79 Å². The fourth-order valence-electron chi connectivity index (χ4n) is 1.35. The summed E-state index contributed by atoms with van der Waals surface area (Å²) in [5.41, 5.74) is 0. The normalized spacial score (nSPS) is 11.5. The van der Waals surface area contributed by atoms with Crippen LogP contribution in [0.2, 0.25) is 12.6 Å². The molecule has 0 spiro atoms. The lowest BCUT2D eigenvalue weighted by atomic mass is 10.2. The van der Waals surface area contributed by atoms with Crippen LogP contribution in [-0.2, 0) is 8.85 Å². The Balaban J connectivity index is 3.57. The van der Waals surface area contributed by atoms with Crippen LogP contribution >= 0.6 is 0 Å². The summed E-state index contributed by atoms with van der Waals surface area (Å²) >= 11 is 0. The molecule has 0 atom stereocenters. The van der Waals surface area contributed by atoms with Gasteiger partial charge in [-0.05, 0) is 19.0 Å². The van der Waals surface area contributed by atoms with Gasteiger partial charge >= 0.3 is 14.7 Å². The second-order valence-electron chi connectivity index (χ2n) is 4.06. The highest BCUT2D eigenvalue weighted by Gasteiger charge is 2.27. The molecule has 5 nitrogen and oxygen atoms in total. The quantitative estimate of drug-likeness (QED) is 0.529. The summed E-state index contributed by atoms with van der Waals surface area (Å²) in [6.45, 7) is 2.63. The number of carboxylic acid groups (broad SMARTS) is 1. The van der Waals surface area contributed by atoms with Gasteiger partial charge in [0.25, 0.3) is 0 Å². The number of hydrogen-bond acceptors (Lipinski definition) is 3. The molecule has 96 valence electrons. The van der Waals surface area contributed by atoms with Crippen molar-refractivity contribution in [3.63, 3.8) is 0 Å². The second-order valence-corrected chi connectivity index (χ2v) is 7.64. The lowest BCUT2D eigenvalue weighted by Gasteiger charge is -2.22. The number of unbranched alkanes of at least 4 members (excludes halogenated alkanes) is 2. The van der Waals surface area contributed by atoms with Gasteiger partial charge in [0.05, 0.1) is 0 Å². The highest BCUT2D eigenvalue weighted by Crippen LogP contribution is 2.15. The molecule has 0 aromatic heterocycles. The number of carbonyl (C=O) groups is 1. The summed E-state index contributed by atoms with van der Waals surface area (Å²) in [4.78, 5) is 11.8. The van der Waals surface area contributed by atoms with Gasteiger partial charge in [0.15, 0.2) is 0 Å². The Labute approximate surface area is 98.6 Å². The van der Waals surface area contributed by atoms with Gasteiger partial charge in [-0.2, -0.15) is 0 Å². The minimum Gasteiger partial charge on any atom is -0.465 e. The summed E-state index contributed by atoms with van der Waals surface area (Å²) in [5.74, 6) is 0. The van der Waals surface area contributed by atoms with E-state index in [1.54, 1.807) is 21.3 Å². The van der Waals surface area contributed by atoms with Crippen molar-refractivity contribution in [1.82, 2.24) is 4.90 Å². The van der Waals surface area contributed by atoms with Crippen molar-refractivity contribution in [3.05, 3.63) is 0 Å². The highest BCUT2D eigenvalue weighted by atomic mass is 28.4. The van der Waals surface area contributed by atoms with Gasteiger partial charge in [0.2, 0.25) is 0 Å². The first-order chi connectivity index (χ1) is 7.45. The summed E-state index contributed by atoms with van der Waals surface area (Å²) in [6.07, 6.45) is 2.05. The van der Waals surface area contributed by atoms with E-state index in [1.807, 2.05) is 6.55 Å². The SMILES string of the molecule is CO[Si](C)(CCCCCN(C)C(=O)O)OC. The number of rotatable bonds is 8. The molecule has 16 heavy (non-hydrogen) atoms. The van der Waals surface area contributed by atoms with Crippen molar-refractivity contribution < 1.29 is 18.8 Å². The molecular formula is C10H23NO4Si. The van der Waals surface area contributed by atoms with Crippen molar-refractivity contribution in [1.29, 1.82) is 0 Å². The van der Waals surface area contributed by atoms with Crippen molar-refractivity contribution >= 4 is 14.7 Å². The molecule has 0 aliphatic heterocycles. The summed E-state index contributed by atoms with van der Waals surface area (Å²) in [5, 5.41) is 8.64. The zero-order chi connectivity index (χ0) is 12.6. The molecule has 0 aromatic rings. The highest BCUT2D eigenvalue weighted by molar-refractivity contribution is 6.65. The van der Waals surface area contributed by atoms with E-state index in [0.29, 0.717) is 6.54 Å². The molecule has 0 saturated heterocycles. The Morgan fingerprint density at radius 1 is 1.25 bits per heavy atom. The Kier molecular flexibility index (Phi) is 7.36. The molecule has 0 aliphatic carbocycles. The predicted octanol–water partition coefficient (Wildman–Crippen LogP) is 2.13. The molecule has 0 bridgehead atoms. The van der Waals surface area contributed by atoms with E-state index in [4.69, 9.17) is 14.0 Å². The number of amides is 1. The summed E-state index contributed by atoms with van der Waals surface area (Å²) < 4.78 is 10.7. The Bertz CT molecular complexity index is 209. The van der Waals surface area contributed by atoms with Crippen molar-refractivity contribution in [2.75, 3.05) is 27.8 Å². The van der Waals surface area contributed by atoms with Crippen LogP contribution in [0.3, 0.4) is 0 Å². The van der Waals surface area contributed by atoms with Gasteiger partial charge in [-0.15, -0.1) is 0 Å².